The van der Waals surface area contributed by atoms with Crippen LogP contribution in [0.15, 0.2) is 12.1 Å². The van der Waals surface area contributed by atoms with Crippen LogP contribution < -0.4 is 5.32 Å². The highest BCUT2D eigenvalue weighted by Gasteiger charge is 2.22. The molecular formula is C13H17NO6. The lowest BCUT2D eigenvalue weighted by atomic mass is 10.1. The van der Waals surface area contributed by atoms with Crippen molar-refractivity contribution in [1.82, 2.24) is 0 Å². The summed E-state index contributed by atoms with van der Waals surface area (Å²) < 4.78 is 9.45. The molecule has 0 aliphatic heterocycles. The van der Waals surface area contributed by atoms with E-state index in [0.29, 0.717) is 0 Å². The lowest BCUT2D eigenvalue weighted by Crippen LogP contribution is -2.27. The van der Waals surface area contributed by atoms with Gasteiger partial charge in [0.05, 0.1) is 12.8 Å². The highest BCUT2D eigenvalue weighted by atomic mass is 16.6. The first-order valence-corrected chi connectivity index (χ1v) is 5.79. The number of hydrogen-bond donors (Lipinski definition) is 3. The largest absolute Gasteiger partial charge is 0.507 e. The number of phenols is 2. The first-order chi connectivity index (χ1) is 9.15. The van der Waals surface area contributed by atoms with Crippen LogP contribution in [0.5, 0.6) is 11.5 Å². The number of nitrogens with one attached hydrogen (secondary N) is 1. The molecule has 1 aromatic carbocycles. The van der Waals surface area contributed by atoms with E-state index in [4.69, 9.17) is 4.74 Å². The number of benzene rings is 1. The summed E-state index contributed by atoms with van der Waals surface area (Å²) in [6.45, 7) is 5.05. The maximum atomic E-state index is 11.6. The molecule has 0 saturated heterocycles. The van der Waals surface area contributed by atoms with Gasteiger partial charge in [-0.15, -0.1) is 0 Å². The third kappa shape index (κ3) is 3.78. The molecule has 0 atom stereocenters. The van der Waals surface area contributed by atoms with Crippen LogP contribution in [0.1, 0.15) is 31.1 Å². The predicted molar refractivity (Wildman–Crippen MR) is 71.0 cm³/mol. The molecule has 0 fully saturated rings. The van der Waals surface area contributed by atoms with Crippen molar-refractivity contribution >= 4 is 17.7 Å². The van der Waals surface area contributed by atoms with E-state index in [9.17, 15) is 19.8 Å². The minimum Gasteiger partial charge on any atom is -0.507 e. The summed E-state index contributed by atoms with van der Waals surface area (Å²) in [5, 5.41) is 21.7. The van der Waals surface area contributed by atoms with Gasteiger partial charge in [-0.1, -0.05) is 0 Å². The second-order valence-corrected chi connectivity index (χ2v) is 4.97. The van der Waals surface area contributed by atoms with Crippen molar-refractivity contribution in [2.45, 2.75) is 26.4 Å². The highest BCUT2D eigenvalue weighted by molar-refractivity contribution is 5.99. The minimum atomic E-state index is -0.923. The zero-order valence-electron chi connectivity index (χ0n) is 11.7. The van der Waals surface area contributed by atoms with E-state index >= 15 is 0 Å². The molecule has 7 heteroatoms. The van der Waals surface area contributed by atoms with Gasteiger partial charge in [0.1, 0.15) is 16.9 Å². The van der Waals surface area contributed by atoms with Crippen LogP contribution in [-0.4, -0.2) is 35.0 Å². The Kier molecular flexibility index (Phi) is 4.44. The Labute approximate surface area is 116 Å². The SMILES string of the molecule is COC(=O)c1c(O)ccc(NC(=O)OC(C)(C)C)c1O. The fourth-order valence-corrected chi connectivity index (χ4v) is 1.40. The Morgan fingerprint density at radius 1 is 1.20 bits per heavy atom. The summed E-state index contributed by atoms with van der Waals surface area (Å²) in [6, 6.07) is 2.39. The average molecular weight is 283 g/mol. The normalized spacial score (nSPS) is 10.8. The van der Waals surface area contributed by atoms with Crippen LogP contribution in [0.3, 0.4) is 0 Å². The van der Waals surface area contributed by atoms with Gasteiger partial charge in [-0.25, -0.2) is 9.59 Å². The number of methoxy groups -OCH3 is 1. The fourth-order valence-electron chi connectivity index (χ4n) is 1.40. The minimum absolute atomic E-state index is 0.0718. The second-order valence-electron chi connectivity index (χ2n) is 4.97. The van der Waals surface area contributed by atoms with Crippen LogP contribution in [0.4, 0.5) is 10.5 Å². The number of aromatic hydroxyl groups is 2. The molecule has 0 aliphatic carbocycles. The molecule has 1 aromatic rings. The van der Waals surface area contributed by atoms with Crippen LogP contribution in [-0.2, 0) is 9.47 Å². The number of carbonyl (C=O) groups excluding carboxylic acids is 2. The molecule has 0 aromatic heterocycles. The van der Waals surface area contributed by atoms with Gasteiger partial charge < -0.3 is 19.7 Å². The fraction of sp³-hybridized carbons (Fsp3) is 0.385. The summed E-state index contributed by atoms with van der Waals surface area (Å²) in [5.41, 5.74) is -1.21. The van der Waals surface area contributed by atoms with Gasteiger partial charge in [0, 0.05) is 0 Å². The number of rotatable bonds is 2. The average Bonchev–Trinajstić information content (AvgIpc) is 2.30. The van der Waals surface area contributed by atoms with Crippen LogP contribution >= 0.6 is 0 Å². The molecule has 1 amide bonds. The predicted octanol–water partition coefficient (Wildman–Crippen LogP) is 2.23. The van der Waals surface area contributed by atoms with E-state index in [1.54, 1.807) is 20.8 Å². The van der Waals surface area contributed by atoms with E-state index in [2.05, 4.69) is 10.1 Å². The summed E-state index contributed by atoms with van der Waals surface area (Å²) in [6.07, 6.45) is -0.797. The second kappa shape index (κ2) is 5.68. The monoisotopic (exact) mass is 283 g/mol. The Balaban J connectivity index is 3.04. The molecule has 20 heavy (non-hydrogen) atoms. The van der Waals surface area contributed by atoms with E-state index in [-0.39, 0.29) is 5.69 Å². The Morgan fingerprint density at radius 3 is 2.30 bits per heavy atom. The molecule has 0 heterocycles. The number of hydrogen-bond acceptors (Lipinski definition) is 6. The molecule has 0 bridgehead atoms. The van der Waals surface area contributed by atoms with Crippen molar-refractivity contribution in [3.8, 4) is 11.5 Å². The van der Waals surface area contributed by atoms with Gasteiger partial charge in [-0.3, -0.25) is 5.32 Å². The van der Waals surface area contributed by atoms with Crippen molar-refractivity contribution in [3.05, 3.63) is 17.7 Å². The maximum absolute atomic E-state index is 11.6. The van der Waals surface area contributed by atoms with Gasteiger partial charge in [-0.05, 0) is 32.9 Å². The number of amides is 1. The van der Waals surface area contributed by atoms with E-state index in [1.807, 2.05) is 0 Å². The van der Waals surface area contributed by atoms with Gasteiger partial charge in [0.2, 0.25) is 0 Å². The Hall–Kier alpha value is -2.44. The van der Waals surface area contributed by atoms with E-state index in [1.165, 1.54) is 6.07 Å². The van der Waals surface area contributed by atoms with Crippen molar-refractivity contribution < 1.29 is 29.3 Å². The number of esters is 1. The zero-order chi connectivity index (χ0) is 15.5. The molecule has 110 valence electrons. The molecule has 0 spiro atoms. The van der Waals surface area contributed by atoms with Crippen LogP contribution in [0, 0.1) is 0 Å². The molecular weight excluding hydrogens is 266 g/mol. The smallest absolute Gasteiger partial charge is 0.412 e. The van der Waals surface area contributed by atoms with Crippen molar-refractivity contribution in [3.63, 3.8) is 0 Å². The van der Waals surface area contributed by atoms with E-state index in [0.717, 1.165) is 13.2 Å². The lowest BCUT2D eigenvalue weighted by Gasteiger charge is -2.20. The Bertz CT molecular complexity index is 532. The first kappa shape index (κ1) is 15.6. The summed E-state index contributed by atoms with van der Waals surface area (Å²) >= 11 is 0. The van der Waals surface area contributed by atoms with Crippen molar-refractivity contribution in [2.75, 3.05) is 12.4 Å². The van der Waals surface area contributed by atoms with Gasteiger partial charge >= 0.3 is 12.1 Å². The lowest BCUT2D eigenvalue weighted by molar-refractivity contribution is 0.0589. The number of anilines is 1. The summed E-state index contributed by atoms with van der Waals surface area (Å²) in [5.74, 6) is -1.97. The number of carbonyl (C=O) groups is 2. The molecule has 1 rings (SSSR count). The van der Waals surface area contributed by atoms with E-state index < -0.39 is 34.7 Å². The van der Waals surface area contributed by atoms with Gasteiger partial charge in [-0.2, -0.15) is 0 Å². The van der Waals surface area contributed by atoms with Gasteiger partial charge in [0.25, 0.3) is 0 Å². The molecule has 0 saturated carbocycles. The van der Waals surface area contributed by atoms with Crippen LogP contribution in [0.25, 0.3) is 0 Å². The molecule has 0 radical (unpaired) electrons. The van der Waals surface area contributed by atoms with Crippen molar-refractivity contribution in [2.24, 2.45) is 0 Å². The molecule has 0 aliphatic rings. The van der Waals surface area contributed by atoms with Crippen molar-refractivity contribution in [1.29, 1.82) is 0 Å². The molecule has 0 unspecified atom stereocenters. The Morgan fingerprint density at radius 2 is 1.80 bits per heavy atom. The topological polar surface area (TPSA) is 105 Å². The zero-order valence-corrected chi connectivity index (χ0v) is 11.7. The number of ether oxygens (including phenoxy) is 2. The molecule has 7 nitrogen and oxygen atoms in total. The third-order valence-electron chi connectivity index (χ3n) is 2.18. The third-order valence-corrected chi connectivity index (χ3v) is 2.18. The standard InChI is InChI=1S/C13H17NO6/c1-13(2,3)20-12(18)14-7-5-6-8(15)9(10(7)16)11(17)19-4/h5-6,15-16H,1-4H3,(H,14,18). The maximum Gasteiger partial charge on any atom is 0.412 e. The molecule has 3 N–H and O–H groups in total. The first-order valence-electron chi connectivity index (χ1n) is 5.79. The van der Waals surface area contributed by atoms with Crippen LogP contribution in [0.2, 0.25) is 0 Å². The quantitative estimate of drug-likeness (QED) is 0.436. The summed E-state index contributed by atoms with van der Waals surface area (Å²) in [7, 11) is 1.11. The summed E-state index contributed by atoms with van der Waals surface area (Å²) in [4.78, 5) is 23.0. The highest BCUT2D eigenvalue weighted by Crippen LogP contribution is 2.34. The number of phenolic OH excluding ortho intramolecular Hbond substituents is 2. The van der Waals surface area contributed by atoms with Gasteiger partial charge in [0.15, 0.2) is 5.75 Å².